The van der Waals surface area contributed by atoms with E-state index in [0.29, 0.717) is 12.1 Å². The van der Waals surface area contributed by atoms with Gasteiger partial charge in [-0.25, -0.2) is 4.79 Å². The van der Waals surface area contributed by atoms with Crippen LogP contribution in [0.15, 0.2) is 24.3 Å². The minimum absolute atomic E-state index is 0.0605. The Morgan fingerprint density at radius 3 is 2.48 bits per heavy atom. The fraction of sp³-hybridized carbons (Fsp3) is 0.579. The number of rotatable bonds is 3. The third-order valence-corrected chi connectivity index (χ3v) is 4.34. The summed E-state index contributed by atoms with van der Waals surface area (Å²) >= 11 is 0. The first kappa shape index (κ1) is 19.2. The van der Waals surface area contributed by atoms with Gasteiger partial charge >= 0.3 is 6.09 Å². The summed E-state index contributed by atoms with van der Waals surface area (Å²) < 4.78 is 5.51. The Labute approximate surface area is 149 Å². The largest absolute Gasteiger partial charge is 0.444 e. The average Bonchev–Trinajstić information content (AvgIpc) is 2.49. The Kier molecular flexibility index (Phi) is 5.72. The fourth-order valence-electron chi connectivity index (χ4n) is 3.05. The molecule has 1 fully saturated rings. The van der Waals surface area contributed by atoms with Gasteiger partial charge in [0.15, 0.2) is 0 Å². The van der Waals surface area contributed by atoms with Gasteiger partial charge < -0.3 is 15.4 Å². The first-order valence-electron chi connectivity index (χ1n) is 8.69. The molecule has 0 aromatic heterocycles. The lowest BCUT2D eigenvalue weighted by molar-refractivity contribution is -0.0117. The molecule has 2 atom stereocenters. The van der Waals surface area contributed by atoms with Crippen molar-refractivity contribution in [1.29, 1.82) is 0 Å². The molecule has 2 N–H and O–H groups in total. The van der Waals surface area contributed by atoms with Gasteiger partial charge in [-0.05, 0) is 52.3 Å². The number of amides is 2. The first-order chi connectivity index (χ1) is 11.6. The maximum absolute atomic E-state index is 12.4. The Morgan fingerprint density at radius 1 is 1.20 bits per heavy atom. The molecule has 0 saturated carbocycles. The lowest BCUT2D eigenvalue weighted by atomic mass is 10.1. The van der Waals surface area contributed by atoms with Crippen molar-refractivity contribution in [1.82, 2.24) is 9.80 Å². The highest BCUT2D eigenvalue weighted by molar-refractivity contribution is 5.92. The minimum atomic E-state index is -0.494. The molecule has 1 saturated heterocycles. The Bertz CT molecular complexity index is 639. The molecule has 1 aromatic carbocycles. The summed E-state index contributed by atoms with van der Waals surface area (Å²) in [6, 6.07) is 7.65. The normalized spacial score (nSPS) is 21.9. The Balaban J connectivity index is 2.03. The highest BCUT2D eigenvalue weighted by Gasteiger charge is 2.34. The van der Waals surface area contributed by atoms with Crippen LogP contribution in [0.4, 0.5) is 4.79 Å². The summed E-state index contributed by atoms with van der Waals surface area (Å²) in [6.07, 6.45) is -0.262. The molecule has 1 aliphatic heterocycles. The highest BCUT2D eigenvalue weighted by atomic mass is 16.6. The average molecular weight is 347 g/mol. The van der Waals surface area contributed by atoms with Gasteiger partial charge in [0.1, 0.15) is 5.60 Å². The molecule has 0 unspecified atom stereocenters. The van der Waals surface area contributed by atoms with E-state index >= 15 is 0 Å². The van der Waals surface area contributed by atoms with Crippen LogP contribution in [0.5, 0.6) is 0 Å². The number of ether oxygens (including phenoxy) is 1. The van der Waals surface area contributed by atoms with E-state index < -0.39 is 11.5 Å². The van der Waals surface area contributed by atoms with Crippen LogP contribution < -0.4 is 5.73 Å². The van der Waals surface area contributed by atoms with Gasteiger partial charge in [0.2, 0.25) is 5.91 Å². The quantitative estimate of drug-likeness (QED) is 0.912. The van der Waals surface area contributed by atoms with Crippen molar-refractivity contribution in [2.24, 2.45) is 5.73 Å². The van der Waals surface area contributed by atoms with Crippen molar-refractivity contribution in [2.45, 2.75) is 58.8 Å². The van der Waals surface area contributed by atoms with Gasteiger partial charge in [0.25, 0.3) is 0 Å². The van der Waals surface area contributed by atoms with Crippen molar-refractivity contribution in [2.75, 3.05) is 13.1 Å². The predicted molar refractivity (Wildman–Crippen MR) is 97.2 cm³/mol. The molecule has 0 aliphatic carbocycles. The number of primary amides is 1. The lowest BCUT2D eigenvalue weighted by Crippen LogP contribution is -2.58. The van der Waals surface area contributed by atoms with Crippen molar-refractivity contribution in [3.05, 3.63) is 35.4 Å². The molecule has 6 nitrogen and oxygen atoms in total. The number of hydrogen-bond acceptors (Lipinski definition) is 4. The van der Waals surface area contributed by atoms with Crippen LogP contribution in [0.3, 0.4) is 0 Å². The van der Waals surface area contributed by atoms with E-state index in [0.717, 1.165) is 18.7 Å². The predicted octanol–water partition coefficient (Wildman–Crippen LogP) is 2.62. The topological polar surface area (TPSA) is 75.9 Å². The minimum Gasteiger partial charge on any atom is -0.444 e. The van der Waals surface area contributed by atoms with Gasteiger partial charge in [-0.2, -0.15) is 0 Å². The van der Waals surface area contributed by atoms with E-state index in [9.17, 15) is 9.59 Å². The Hall–Kier alpha value is -2.08. The summed E-state index contributed by atoms with van der Waals surface area (Å²) in [5.74, 6) is -0.419. The van der Waals surface area contributed by atoms with Gasteiger partial charge in [-0.1, -0.05) is 12.1 Å². The zero-order valence-electron chi connectivity index (χ0n) is 15.8. The van der Waals surface area contributed by atoms with Crippen LogP contribution in [0, 0.1) is 0 Å². The molecule has 0 spiro atoms. The second-order valence-corrected chi connectivity index (χ2v) is 7.82. The zero-order chi connectivity index (χ0) is 18.8. The van der Waals surface area contributed by atoms with Crippen LogP contribution in [-0.2, 0) is 11.3 Å². The molecule has 2 amide bonds. The number of nitrogens with zero attached hydrogens (tertiary/aromatic N) is 2. The lowest BCUT2D eigenvalue weighted by Gasteiger charge is -2.44. The second kappa shape index (κ2) is 7.44. The first-order valence-corrected chi connectivity index (χ1v) is 8.69. The number of hydrogen-bond donors (Lipinski definition) is 1. The molecule has 6 heteroatoms. The van der Waals surface area contributed by atoms with E-state index in [2.05, 4.69) is 11.8 Å². The number of piperazine rings is 1. The van der Waals surface area contributed by atoms with E-state index in [1.807, 2.05) is 45.9 Å². The molecule has 138 valence electrons. The van der Waals surface area contributed by atoms with Crippen LogP contribution in [0.25, 0.3) is 0 Å². The van der Waals surface area contributed by atoms with Gasteiger partial charge in [-0.3, -0.25) is 9.69 Å². The summed E-state index contributed by atoms with van der Waals surface area (Å²) in [5, 5.41) is 0. The standard InChI is InChI=1S/C19H29N3O3/c1-13-11-22(18(24)25-19(3,4)5)14(2)10-21(13)12-15-7-6-8-16(9-15)17(20)23/h6-9,13-14H,10-12H2,1-5H3,(H2,20,23)/t13-,14-/m0/s1. The second-order valence-electron chi connectivity index (χ2n) is 7.82. The molecular formula is C19H29N3O3. The van der Waals surface area contributed by atoms with Crippen molar-refractivity contribution >= 4 is 12.0 Å². The molecule has 2 rings (SSSR count). The molecule has 0 bridgehead atoms. The third kappa shape index (κ3) is 5.19. The summed E-state index contributed by atoms with van der Waals surface area (Å²) in [7, 11) is 0. The van der Waals surface area contributed by atoms with E-state index in [-0.39, 0.29) is 18.2 Å². The molecule has 1 aliphatic rings. The monoisotopic (exact) mass is 347 g/mol. The number of carbonyl (C=O) groups is 2. The van der Waals surface area contributed by atoms with E-state index in [4.69, 9.17) is 10.5 Å². The van der Waals surface area contributed by atoms with Crippen molar-refractivity contribution < 1.29 is 14.3 Å². The van der Waals surface area contributed by atoms with Crippen molar-refractivity contribution in [3.63, 3.8) is 0 Å². The van der Waals surface area contributed by atoms with E-state index in [1.54, 1.807) is 11.0 Å². The summed E-state index contributed by atoms with van der Waals surface area (Å²) in [4.78, 5) is 27.8. The van der Waals surface area contributed by atoms with Crippen LogP contribution in [0.2, 0.25) is 0 Å². The molecular weight excluding hydrogens is 318 g/mol. The van der Waals surface area contributed by atoms with Crippen molar-refractivity contribution in [3.8, 4) is 0 Å². The van der Waals surface area contributed by atoms with Crippen LogP contribution in [-0.4, -0.2) is 52.6 Å². The fourth-order valence-corrected chi connectivity index (χ4v) is 3.05. The number of nitrogens with two attached hydrogens (primary N) is 1. The Morgan fingerprint density at radius 2 is 1.88 bits per heavy atom. The van der Waals surface area contributed by atoms with Crippen LogP contribution >= 0.6 is 0 Å². The highest BCUT2D eigenvalue weighted by Crippen LogP contribution is 2.21. The number of carbonyl (C=O) groups excluding carboxylic acids is 2. The SMILES string of the molecule is C[C@H]1CN(C(=O)OC(C)(C)C)[C@@H](C)CN1Cc1cccc(C(N)=O)c1. The maximum atomic E-state index is 12.4. The molecule has 25 heavy (non-hydrogen) atoms. The van der Waals surface area contributed by atoms with Gasteiger partial charge in [-0.15, -0.1) is 0 Å². The van der Waals surface area contributed by atoms with Gasteiger partial charge in [0, 0.05) is 37.3 Å². The summed E-state index contributed by atoms with van der Waals surface area (Å²) in [6.45, 7) is 11.8. The van der Waals surface area contributed by atoms with Crippen LogP contribution in [0.1, 0.15) is 50.5 Å². The maximum Gasteiger partial charge on any atom is 0.410 e. The number of benzene rings is 1. The zero-order valence-corrected chi connectivity index (χ0v) is 15.8. The molecule has 1 aromatic rings. The summed E-state index contributed by atoms with van der Waals surface area (Å²) in [5.41, 5.74) is 6.42. The molecule has 0 radical (unpaired) electrons. The third-order valence-electron chi connectivity index (χ3n) is 4.34. The molecule has 1 heterocycles. The smallest absolute Gasteiger partial charge is 0.410 e. The van der Waals surface area contributed by atoms with E-state index in [1.165, 1.54) is 0 Å². The van der Waals surface area contributed by atoms with Gasteiger partial charge in [0.05, 0.1) is 0 Å².